The zero-order chi connectivity index (χ0) is 22.2. The van der Waals surface area contributed by atoms with E-state index in [1.165, 1.54) is 23.5 Å². The van der Waals surface area contributed by atoms with E-state index in [4.69, 9.17) is 10.00 Å². The first-order valence-corrected chi connectivity index (χ1v) is 11.1. The highest BCUT2D eigenvalue weighted by molar-refractivity contribution is 7.13. The molecule has 0 aliphatic heterocycles. The number of ether oxygens (including phenoxy) is 1. The van der Waals surface area contributed by atoms with Gasteiger partial charge in [0.25, 0.3) is 5.91 Å². The summed E-state index contributed by atoms with van der Waals surface area (Å²) in [5.74, 6) is -1.34. The number of aromatic nitrogens is 1. The molecule has 3 rings (SSSR count). The Bertz CT molecular complexity index is 947. The molecule has 1 aliphatic carbocycles. The van der Waals surface area contributed by atoms with Gasteiger partial charge < -0.3 is 10.1 Å². The van der Waals surface area contributed by atoms with Gasteiger partial charge in [-0.05, 0) is 44.0 Å². The normalized spacial score (nSPS) is 14.8. The van der Waals surface area contributed by atoms with Crippen molar-refractivity contribution in [1.29, 1.82) is 5.26 Å². The minimum Gasteiger partial charge on any atom is -0.449 e. The largest absolute Gasteiger partial charge is 0.449 e. The van der Waals surface area contributed by atoms with E-state index in [0.717, 1.165) is 32.1 Å². The number of rotatable bonds is 7. The number of hydrogen-bond acceptors (Lipinski definition) is 7. The SMILES string of the molecule is CC(OC(=O)c1ccc(NC(=O)CC#N)cc1)C(=O)N(c1nccs1)C1CCCCC1. The van der Waals surface area contributed by atoms with E-state index in [1.807, 2.05) is 5.38 Å². The van der Waals surface area contributed by atoms with Crippen molar-refractivity contribution in [2.45, 2.75) is 57.6 Å². The van der Waals surface area contributed by atoms with Crippen molar-refractivity contribution in [3.63, 3.8) is 0 Å². The maximum absolute atomic E-state index is 13.2. The number of anilines is 2. The van der Waals surface area contributed by atoms with E-state index >= 15 is 0 Å². The van der Waals surface area contributed by atoms with Gasteiger partial charge in [0.15, 0.2) is 11.2 Å². The van der Waals surface area contributed by atoms with Crippen molar-refractivity contribution in [1.82, 2.24) is 4.98 Å². The Morgan fingerprint density at radius 3 is 2.58 bits per heavy atom. The fourth-order valence-corrected chi connectivity index (χ4v) is 4.26. The summed E-state index contributed by atoms with van der Waals surface area (Å²) in [7, 11) is 0. The Balaban J connectivity index is 1.65. The molecule has 1 aromatic heterocycles. The van der Waals surface area contributed by atoms with E-state index in [1.54, 1.807) is 36.2 Å². The van der Waals surface area contributed by atoms with Gasteiger partial charge in [-0.3, -0.25) is 14.5 Å². The highest BCUT2D eigenvalue weighted by Gasteiger charge is 2.33. The molecule has 2 aromatic rings. The Morgan fingerprint density at radius 2 is 1.97 bits per heavy atom. The molecule has 0 bridgehead atoms. The minimum atomic E-state index is -0.965. The van der Waals surface area contributed by atoms with Crippen LogP contribution in [0.1, 0.15) is 55.8 Å². The number of benzene rings is 1. The van der Waals surface area contributed by atoms with Crippen LogP contribution in [-0.2, 0) is 14.3 Å². The van der Waals surface area contributed by atoms with Gasteiger partial charge in [-0.2, -0.15) is 5.26 Å². The first kappa shape index (κ1) is 22.4. The third-order valence-electron chi connectivity index (χ3n) is 5.08. The quantitative estimate of drug-likeness (QED) is 0.653. The summed E-state index contributed by atoms with van der Waals surface area (Å²) in [5.41, 5.74) is 0.726. The number of amides is 2. The molecule has 0 spiro atoms. The second-order valence-corrected chi connectivity index (χ2v) is 8.20. The summed E-state index contributed by atoms with van der Waals surface area (Å²) in [6.07, 6.45) is 5.55. The summed E-state index contributed by atoms with van der Waals surface area (Å²) in [6.45, 7) is 1.57. The second-order valence-electron chi connectivity index (χ2n) is 7.32. The lowest BCUT2D eigenvalue weighted by atomic mass is 9.94. The van der Waals surface area contributed by atoms with Gasteiger partial charge in [0, 0.05) is 23.3 Å². The minimum absolute atomic E-state index is 0.0601. The molecule has 1 atom stereocenters. The summed E-state index contributed by atoms with van der Waals surface area (Å²) < 4.78 is 5.44. The van der Waals surface area contributed by atoms with Gasteiger partial charge in [0.1, 0.15) is 6.42 Å². The van der Waals surface area contributed by atoms with Crippen LogP contribution >= 0.6 is 11.3 Å². The molecule has 1 heterocycles. The van der Waals surface area contributed by atoms with Crippen LogP contribution < -0.4 is 10.2 Å². The van der Waals surface area contributed by atoms with E-state index in [0.29, 0.717) is 10.8 Å². The van der Waals surface area contributed by atoms with Crippen molar-refractivity contribution in [3.8, 4) is 6.07 Å². The van der Waals surface area contributed by atoms with Crippen LogP contribution in [0, 0.1) is 11.3 Å². The Kier molecular flexibility index (Phi) is 7.73. The van der Waals surface area contributed by atoms with E-state index < -0.39 is 18.0 Å². The summed E-state index contributed by atoms with van der Waals surface area (Å²) >= 11 is 1.39. The topological polar surface area (TPSA) is 112 Å². The maximum atomic E-state index is 13.2. The summed E-state index contributed by atoms with van der Waals surface area (Å²) in [5, 5.41) is 13.5. The lowest BCUT2D eigenvalue weighted by molar-refractivity contribution is -0.127. The van der Waals surface area contributed by atoms with Gasteiger partial charge >= 0.3 is 5.97 Å². The standard InChI is InChI=1S/C22H24N4O4S/c1-15(20(28)26(22-24-13-14-31-22)18-5-3-2-4-6-18)30-21(29)16-7-9-17(10-8-16)25-19(27)11-12-23/h7-10,13-15,18H,2-6,11H2,1H3,(H,25,27). The Morgan fingerprint density at radius 1 is 1.26 bits per heavy atom. The van der Waals surface area contributed by atoms with Crippen molar-refractivity contribution >= 4 is 39.9 Å². The van der Waals surface area contributed by atoms with Gasteiger partial charge in [0.2, 0.25) is 5.91 Å². The second kappa shape index (κ2) is 10.7. The van der Waals surface area contributed by atoms with Crippen LogP contribution in [0.5, 0.6) is 0 Å². The molecular weight excluding hydrogens is 416 g/mol. The first-order chi connectivity index (χ1) is 15.0. The predicted octanol–water partition coefficient (Wildman–Crippen LogP) is 3.91. The highest BCUT2D eigenvalue weighted by Crippen LogP contribution is 2.29. The first-order valence-electron chi connectivity index (χ1n) is 10.2. The third kappa shape index (κ3) is 5.89. The molecule has 2 amide bonds. The number of nitrogens with one attached hydrogen (secondary N) is 1. The lowest BCUT2D eigenvalue weighted by Crippen LogP contribution is -2.47. The highest BCUT2D eigenvalue weighted by atomic mass is 32.1. The van der Waals surface area contributed by atoms with Crippen LogP contribution in [0.4, 0.5) is 10.8 Å². The molecule has 1 fully saturated rings. The molecule has 162 valence electrons. The molecule has 1 aromatic carbocycles. The average Bonchev–Trinajstić information content (AvgIpc) is 3.29. The Labute approximate surface area is 184 Å². The smallest absolute Gasteiger partial charge is 0.338 e. The zero-order valence-electron chi connectivity index (χ0n) is 17.2. The van der Waals surface area contributed by atoms with Gasteiger partial charge in [-0.25, -0.2) is 9.78 Å². The summed E-state index contributed by atoms with van der Waals surface area (Å²) in [4.78, 5) is 43.2. The number of carbonyl (C=O) groups is 3. The van der Waals surface area contributed by atoms with Crippen LogP contribution in [0.2, 0.25) is 0 Å². The van der Waals surface area contributed by atoms with Gasteiger partial charge in [-0.15, -0.1) is 11.3 Å². The average molecular weight is 441 g/mol. The van der Waals surface area contributed by atoms with Crippen molar-refractivity contribution in [3.05, 3.63) is 41.4 Å². The number of nitrogens with zero attached hydrogens (tertiary/aromatic N) is 3. The molecule has 8 nitrogen and oxygen atoms in total. The number of nitriles is 1. The van der Waals surface area contributed by atoms with Crippen molar-refractivity contribution in [2.75, 3.05) is 10.2 Å². The van der Waals surface area contributed by atoms with E-state index in [-0.39, 0.29) is 23.9 Å². The number of esters is 1. The van der Waals surface area contributed by atoms with Crippen LogP contribution in [-0.4, -0.2) is 34.9 Å². The molecule has 1 saturated carbocycles. The lowest BCUT2D eigenvalue weighted by Gasteiger charge is -2.33. The molecule has 1 aliphatic rings. The van der Waals surface area contributed by atoms with Crippen LogP contribution in [0.15, 0.2) is 35.8 Å². The van der Waals surface area contributed by atoms with E-state index in [9.17, 15) is 14.4 Å². The van der Waals surface area contributed by atoms with Crippen molar-refractivity contribution in [2.24, 2.45) is 0 Å². The molecular formula is C22H24N4O4S. The summed E-state index contributed by atoms with van der Waals surface area (Å²) in [6, 6.07) is 7.92. The molecule has 0 radical (unpaired) electrons. The molecule has 31 heavy (non-hydrogen) atoms. The van der Waals surface area contributed by atoms with Crippen LogP contribution in [0.3, 0.4) is 0 Å². The van der Waals surface area contributed by atoms with Gasteiger partial charge in [0.05, 0.1) is 11.6 Å². The Hall–Kier alpha value is -3.25. The zero-order valence-corrected chi connectivity index (χ0v) is 18.1. The van der Waals surface area contributed by atoms with Crippen LogP contribution in [0.25, 0.3) is 0 Å². The van der Waals surface area contributed by atoms with E-state index in [2.05, 4.69) is 10.3 Å². The molecule has 0 saturated heterocycles. The number of thiazole rings is 1. The number of carbonyl (C=O) groups excluding carboxylic acids is 3. The van der Waals surface area contributed by atoms with Crippen molar-refractivity contribution < 1.29 is 19.1 Å². The third-order valence-corrected chi connectivity index (χ3v) is 5.85. The number of hydrogen-bond donors (Lipinski definition) is 1. The fourth-order valence-electron chi connectivity index (χ4n) is 3.55. The molecule has 1 unspecified atom stereocenters. The molecule has 9 heteroatoms. The van der Waals surface area contributed by atoms with Gasteiger partial charge in [-0.1, -0.05) is 19.3 Å². The predicted molar refractivity (Wildman–Crippen MR) is 117 cm³/mol. The monoisotopic (exact) mass is 440 g/mol. The maximum Gasteiger partial charge on any atom is 0.338 e. The molecule has 1 N–H and O–H groups in total. The fraction of sp³-hybridized carbons (Fsp3) is 0.409.